The fourth-order valence-electron chi connectivity index (χ4n) is 11.9. The highest BCUT2D eigenvalue weighted by Gasteiger charge is 2.38. The van der Waals surface area contributed by atoms with Gasteiger partial charge < -0.3 is 14.7 Å². The number of nitrogens with zero attached hydrogens (tertiary/aromatic N) is 3. The zero-order valence-electron chi connectivity index (χ0n) is 49.9. The molecule has 0 radical (unpaired) electrons. The van der Waals surface area contributed by atoms with Gasteiger partial charge in [0, 0.05) is 43.9 Å². The number of hydrogen-bond acceptors (Lipinski definition) is 4. The Hall–Kier alpha value is -6.67. The molecule has 0 bridgehead atoms. The van der Waals surface area contributed by atoms with E-state index in [1.165, 1.54) is 85.1 Å². The molecule has 3 nitrogen and oxygen atoms in total. The number of hydrogen-bond donors (Lipinski definition) is 0. The van der Waals surface area contributed by atoms with E-state index in [1.54, 1.807) is 0 Å². The first-order chi connectivity index (χ1) is 37.7. The van der Waals surface area contributed by atoms with Crippen molar-refractivity contribution in [1.29, 1.82) is 0 Å². The Kier molecular flexibility index (Phi) is 13.9. The molecule has 5 heteroatoms. The van der Waals surface area contributed by atoms with Crippen LogP contribution in [0.3, 0.4) is 0 Å². The van der Waals surface area contributed by atoms with Crippen molar-refractivity contribution in [2.24, 2.45) is 0 Å². The minimum atomic E-state index is -0.138. The van der Waals surface area contributed by atoms with Gasteiger partial charge in [0.25, 0.3) is 0 Å². The van der Waals surface area contributed by atoms with Crippen molar-refractivity contribution in [1.82, 2.24) is 0 Å². The molecule has 0 spiro atoms. The van der Waals surface area contributed by atoms with Gasteiger partial charge in [-0.3, -0.25) is 0 Å². The fraction of sp³-hybridized carbons (Fsp3) is 0.280. The normalized spacial score (nSPS) is 13.4. The molecule has 0 unspecified atom stereocenters. The highest BCUT2D eigenvalue weighted by molar-refractivity contribution is 14.1. The number of benzene rings is 9. The van der Waals surface area contributed by atoms with Crippen LogP contribution in [0.4, 0.5) is 51.2 Å². The fourth-order valence-corrected chi connectivity index (χ4v) is 14.1. The molecule has 0 saturated heterocycles. The van der Waals surface area contributed by atoms with Crippen LogP contribution in [0.2, 0.25) is 0 Å². The lowest BCUT2D eigenvalue weighted by Crippen LogP contribution is -2.18. The van der Waals surface area contributed by atoms with Gasteiger partial charge in [-0.25, -0.2) is 0 Å². The number of halogens is 1. The molecule has 1 aromatic heterocycles. The van der Waals surface area contributed by atoms with Crippen LogP contribution in [0.15, 0.2) is 182 Å². The topological polar surface area (TPSA) is 9.72 Å². The van der Waals surface area contributed by atoms with Crippen LogP contribution in [-0.2, 0) is 27.1 Å². The summed E-state index contributed by atoms with van der Waals surface area (Å²) >= 11 is 4.54. The third-order valence-corrected chi connectivity index (χ3v) is 19.0. The Morgan fingerprint density at radius 2 is 0.787 bits per heavy atom. The lowest BCUT2D eigenvalue weighted by atomic mass is 9.82. The summed E-state index contributed by atoms with van der Waals surface area (Å²) in [6, 6.07) is 69.7. The highest BCUT2D eigenvalue weighted by Crippen LogP contribution is 2.56. The molecule has 406 valence electrons. The molecule has 0 fully saturated rings. The molecule has 0 aliphatic heterocycles. The Balaban J connectivity index is 1.13. The van der Waals surface area contributed by atoms with Crippen molar-refractivity contribution in [2.45, 2.75) is 138 Å². The Morgan fingerprint density at radius 3 is 1.26 bits per heavy atom. The van der Waals surface area contributed by atoms with Gasteiger partial charge in [-0.2, -0.15) is 0 Å². The minimum Gasteiger partial charge on any atom is -0.310 e. The van der Waals surface area contributed by atoms with Gasteiger partial charge >= 0.3 is 0 Å². The number of thiophene rings is 1. The largest absolute Gasteiger partial charge is 0.310 e. The summed E-state index contributed by atoms with van der Waals surface area (Å²) in [5, 5.41) is 3.84. The third-order valence-electron chi connectivity index (χ3n) is 16.9. The van der Waals surface area contributed by atoms with Gasteiger partial charge in [-0.15, -0.1) is 11.3 Å². The van der Waals surface area contributed by atoms with Gasteiger partial charge in [0.05, 0.1) is 25.6 Å². The maximum Gasteiger partial charge on any atom is 0.0906 e. The molecule has 1 heterocycles. The Labute approximate surface area is 495 Å². The van der Waals surface area contributed by atoms with Gasteiger partial charge in [-0.1, -0.05) is 182 Å². The predicted octanol–water partition coefficient (Wildman–Crippen LogP) is 23.2. The summed E-state index contributed by atoms with van der Waals surface area (Å²) in [4.78, 5) is 7.51. The first-order valence-electron chi connectivity index (χ1n) is 28.5. The third kappa shape index (κ3) is 10.1. The average Bonchev–Trinajstić information content (AvgIpc) is 4.03. The van der Waals surface area contributed by atoms with Crippen molar-refractivity contribution in [3.8, 4) is 11.1 Å². The second-order valence-electron chi connectivity index (χ2n) is 27.1. The van der Waals surface area contributed by atoms with E-state index >= 15 is 0 Å². The average molecular weight is 1180 g/mol. The first-order valence-corrected chi connectivity index (χ1v) is 30.4. The van der Waals surface area contributed by atoms with Crippen LogP contribution in [-0.4, -0.2) is 0 Å². The number of fused-ring (bicyclic) bond motifs is 5. The van der Waals surface area contributed by atoms with Gasteiger partial charge in [-0.05, 0) is 222 Å². The van der Waals surface area contributed by atoms with E-state index in [9.17, 15) is 0 Å². The molecule has 0 amide bonds. The molecular formula is C75H78IN3S. The summed E-state index contributed by atoms with van der Waals surface area (Å²) in [6.07, 6.45) is 0. The van der Waals surface area contributed by atoms with Gasteiger partial charge in [0.2, 0.25) is 0 Å². The van der Waals surface area contributed by atoms with E-state index in [0.29, 0.717) is 0 Å². The molecule has 11 rings (SSSR count). The molecule has 10 aromatic rings. The summed E-state index contributed by atoms with van der Waals surface area (Å²) in [6.45, 7) is 36.9. The van der Waals surface area contributed by atoms with Crippen molar-refractivity contribution < 1.29 is 0 Å². The molecule has 9 aromatic carbocycles. The number of anilines is 9. The van der Waals surface area contributed by atoms with E-state index in [1.807, 2.05) is 11.3 Å². The van der Waals surface area contributed by atoms with Crippen LogP contribution in [0.1, 0.15) is 141 Å². The summed E-state index contributed by atoms with van der Waals surface area (Å²) in [5.74, 6) is 0. The molecule has 0 saturated carbocycles. The van der Waals surface area contributed by atoms with Crippen LogP contribution in [0.25, 0.3) is 32.0 Å². The Morgan fingerprint density at radius 1 is 0.388 bits per heavy atom. The monoisotopic (exact) mass is 1180 g/mol. The van der Waals surface area contributed by atoms with Gasteiger partial charge in [0.15, 0.2) is 0 Å². The number of rotatable bonds is 9. The summed E-state index contributed by atoms with van der Waals surface area (Å²) in [5.41, 5.74) is 23.1. The number of aryl methyl sites for hydroxylation is 1. The van der Waals surface area contributed by atoms with Crippen LogP contribution >= 0.6 is 33.9 Å². The molecule has 80 heavy (non-hydrogen) atoms. The van der Waals surface area contributed by atoms with E-state index in [-0.39, 0.29) is 27.1 Å². The zero-order chi connectivity index (χ0) is 57.0. The van der Waals surface area contributed by atoms with Crippen LogP contribution < -0.4 is 14.7 Å². The van der Waals surface area contributed by atoms with Crippen molar-refractivity contribution in [3.63, 3.8) is 0 Å². The standard InChI is InChI=1S/C75H78IN3S/c1-47-24-33-59(77(55-34-25-51(26-35-55)71(3,4)5)56-36-27-52(28-37-56)72(6,7)8)44-67(47)78(57-38-29-53(30-39-57)73(9,10)11)65-22-19-23-66(48(65)2)79(58-40-31-54(32-41-58)74(12,13)14)69-62-45-61-60-42-49-20-17-18-21-50(49)43-63(60)75(15,16)64(61)46-68(62)80-70(69)76/h17-46H,1-16H3. The first kappa shape index (κ1) is 55.2. The SMILES string of the molecule is Cc1ccc(N(c2ccc(C(C)(C)C)cc2)c2ccc(C(C)(C)C)cc2)cc1N(c1ccc(C(C)(C)C)cc1)c1cccc(N(c2ccc(C(C)(C)C)cc2)c2c(I)sc3cc4c(cc23)-c2cc3ccccc3cc2C4(C)C)c1C. The van der Waals surface area contributed by atoms with Crippen LogP contribution in [0.5, 0.6) is 0 Å². The maximum atomic E-state index is 2.63. The minimum absolute atomic E-state index is 0.00413. The summed E-state index contributed by atoms with van der Waals surface area (Å²) in [7, 11) is 0. The van der Waals surface area contributed by atoms with Crippen molar-refractivity contribution in [3.05, 3.63) is 229 Å². The predicted molar refractivity (Wildman–Crippen MR) is 358 cm³/mol. The van der Waals surface area contributed by atoms with E-state index in [0.717, 1.165) is 45.5 Å². The highest BCUT2D eigenvalue weighted by atomic mass is 127. The van der Waals surface area contributed by atoms with E-state index in [4.69, 9.17) is 0 Å². The van der Waals surface area contributed by atoms with E-state index < -0.39 is 0 Å². The molecular weight excluding hydrogens is 1100 g/mol. The lowest BCUT2D eigenvalue weighted by Gasteiger charge is -2.34. The van der Waals surface area contributed by atoms with Crippen molar-refractivity contribution in [2.75, 3.05) is 14.7 Å². The molecule has 0 N–H and O–H groups in total. The summed E-state index contributed by atoms with van der Waals surface area (Å²) < 4.78 is 2.56. The second-order valence-corrected chi connectivity index (χ2v) is 29.9. The molecule has 1 aliphatic carbocycles. The molecule has 0 atom stereocenters. The smallest absolute Gasteiger partial charge is 0.0906 e. The molecule has 1 aliphatic rings. The van der Waals surface area contributed by atoms with E-state index in [2.05, 4.69) is 330 Å². The quantitative estimate of drug-likeness (QED) is 0.133. The lowest BCUT2D eigenvalue weighted by molar-refractivity contribution is 0.590. The van der Waals surface area contributed by atoms with Gasteiger partial charge in [0.1, 0.15) is 0 Å². The zero-order valence-corrected chi connectivity index (χ0v) is 52.9. The van der Waals surface area contributed by atoms with Crippen molar-refractivity contribution >= 4 is 106 Å². The maximum absolute atomic E-state index is 2.63. The Bertz CT molecular complexity index is 3910. The van der Waals surface area contributed by atoms with Crippen LogP contribution in [0, 0.1) is 16.7 Å². The second kappa shape index (κ2) is 20.1.